The largest absolute Gasteiger partial charge is 0.450 e. The molecule has 9 heteroatoms. The molecular formula is C24H29N3O5S. The van der Waals surface area contributed by atoms with Gasteiger partial charge in [-0.05, 0) is 43.7 Å². The van der Waals surface area contributed by atoms with E-state index in [4.69, 9.17) is 4.74 Å². The van der Waals surface area contributed by atoms with Gasteiger partial charge in [-0.15, -0.1) is 0 Å². The minimum Gasteiger partial charge on any atom is -0.450 e. The quantitative estimate of drug-likeness (QED) is 0.548. The average molecular weight is 472 g/mol. The number of fused-ring (bicyclic) bond motifs is 1. The molecule has 1 aliphatic rings. The van der Waals surface area contributed by atoms with E-state index in [1.807, 2.05) is 30.3 Å². The van der Waals surface area contributed by atoms with Crippen molar-refractivity contribution in [2.24, 2.45) is 0 Å². The molecule has 0 unspecified atom stereocenters. The van der Waals surface area contributed by atoms with Gasteiger partial charge in [-0.1, -0.05) is 18.2 Å². The molecule has 1 amide bonds. The SMILES string of the molecule is CCOC(=O)N(C)CCS(=O)(=O)c1ccc(N2CC[C@H](O)C2)c(-c2cc3ccccc3[nH]2)c1. The number of ether oxygens (including phenoxy) is 1. The fourth-order valence-electron chi connectivity index (χ4n) is 4.08. The monoisotopic (exact) mass is 471 g/mol. The zero-order valence-corrected chi connectivity index (χ0v) is 19.6. The van der Waals surface area contributed by atoms with E-state index in [9.17, 15) is 18.3 Å². The topological polar surface area (TPSA) is 103 Å². The number of carbonyl (C=O) groups excluding carboxylic acids is 1. The highest BCUT2D eigenvalue weighted by atomic mass is 32.2. The number of benzene rings is 2. The fourth-order valence-corrected chi connectivity index (χ4v) is 5.40. The first-order valence-corrected chi connectivity index (χ1v) is 12.7. The Morgan fingerprint density at radius 1 is 1.24 bits per heavy atom. The summed E-state index contributed by atoms with van der Waals surface area (Å²) in [5.74, 6) is -0.212. The van der Waals surface area contributed by atoms with Crippen molar-refractivity contribution < 1.29 is 23.1 Å². The summed E-state index contributed by atoms with van der Waals surface area (Å²) in [7, 11) is -2.13. The Kier molecular flexibility index (Phi) is 6.62. The first-order valence-electron chi connectivity index (χ1n) is 11.0. The van der Waals surface area contributed by atoms with Crippen molar-refractivity contribution in [3.63, 3.8) is 0 Å². The van der Waals surface area contributed by atoms with Gasteiger partial charge in [-0.2, -0.15) is 0 Å². The van der Waals surface area contributed by atoms with Gasteiger partial charge in [0.2, 0.25) is 0 Å². The average Bonchev–Trinajstić information content (AvgIpc) is 3.43. The van der Waals surface area contributed by atoms with Gasteiger partial charge in [0.1, 0.15) is 0 Å². The molecule has 2 heterocycles. The zero-order chi connectivity index (χ0) is 23.6. The number of aromatic nitrogens is 1. The molecule has 8 nitrogen and oxygen atoms in total. The molecule has 4 rings (SSSR count). The minimum absolute atomic E-state index is 0.0307. The van der Waals surface area contributed by atoms with Crippen LogP contribution in [-0.4, -0.2) is 74.6 Å². The van der Waals surface area contributed by atoms with Crippen LogP contribution >= 0.6 is 0 Å². The number of aromatic amines is 1. The number of aliphatic hydroxyl groups excluding tert-OH is 1. The van der Waals surface area contributed by atoms with Crippen LogP contribution in [0.3, 0.4) is 0 Å². The lowest BCUT2D eigenvalue weighted by Gasteiger charge is -2.22. The Hall–Kier alpha value is -3.04. The van der Waals surface area contributed by atoms with Gasteiger partial charge in [0.15, 0.2) is 9.84 Å². The van der Waals surface area contributed by atoms with Gasteiger partial charge < -0.3 is 24.6 Å². The van der Waals surface area contributed by atoms with Crippen LogP contribution < -0.4 is 4.90 Å². The van der Waals surface area contributed by atoms with E-state index in [1.165, 1.54) is 11.9 Å². The summed E-state index contributed by atoms with van der Waals surface area (Å²) in [6.07, 6.45) is -0.274. The summed E-state index contributed by atoms with van der Waals surface area (Å²) in [6, 6.07) is 15.0. The number of β-amino-alcohol motifs (C(OH)–C–C–N with tert-alkyl or cyclic N) is 1. The number of hydrogen-bond donors (Lipinski definition) is 2. The van der Waals surface area contributed by atoms with E-state index in [0.717, 1.165) is 27.8 Å². The van der Waals surface area contributed by atoms with Crippen LogP contribution in [0.2, 0.25) is 0 Å². The maximum Gasteiger partial charge on any atom is 0.409 e. The van der Waals surface area contributed by atoms with Crippen LogP contribution in [0.1, 0.15) is 13.3 Å². The highest BCUT2D eigenvalue weighted by Crippen LogP contribution is 2.36. The first kappa shape index (κ1) is 23.1. The van der Waals surface area contributed by atoms with E-state index in [1.54, 1.807) is 25.1 Å². The van der Waals surface area contributed by atoms with Crippen LogP contribution in [0.25, 0.3) is 22.2 Å². The normalized spacial score (nSPS) is 16.3. The van der Waals surface area contributed by atoms with Crippen molar-refractivity contribution in [2.75, 3.05) is 43.9 Å². The fraction of sp³-hybridized carbons (Fsp3) is 0.375. The summed E-state index contributed by atoms with van der Waals surface area (Å²) in [5, 5.41) is 11.1. The van der Waals surface area contributed by atoms with Crippen molar-refractivity contribution in [1.29, 1.82) is 0 Å². The Morgan fingerprint density at radius 2 is 2.03 bits per heavy atom. The maximum absolute atomic E-state index is 13.1. The summed E-state index contributed by atoms with van der Waals surface area (Å²) in [5.41, 5.74) is 3.42. The molecule has 1 aromatic heterocycles. The smallest absolute Gasteiger partial charge is 0.409 e. The lowest BCUT2D eigenvalue weighted by Crippen LogP contribution is -2.32. The highest BCUT2D eigenvalue weighted by molar-refractivity contribution is 7.91. The Bertz CT molecular complexity index is 1220. The Labute approximate surface area is 193 Å². The molecular weight excluding hydrogens is 442 g/mol. The number of carbonyl (C=O) groups is 1. The number of hydrogen-bond acceptors (Lipinski definition) is 6. The van der Waals surface area contributed by atoms with Gasteiger partial charge in [-0.25, -0.2) is 13.2 Å². The third-order valence-corrected chi connectivity index (χ3v) is 7.62. The lowest BCUT2D eigenvalue weighted by atomic mass is 10.1. The van der Waals surface area contributed by atoms with Crippen molar-refractivity contribution in [3.05, 3.63) is 48.5 Å². The van der Waals surface area contributed by atoms with E-state index < -0.39 is 22.0 Å². The predicted molar refractivity (Wildman–Crippen MR) is 128 cm³/mol. The molecule has 0 radical (unpaired) electrons. The Morgan fingerprint density at radius 3 is 2.73 bits per heavy atom. The first-order chi connectivity index (χ1) is 15.8. The number of para-hydroxylation sites is 1. The van der Waals surface area contributed by atoms with Crippen LogP contribution in [0.4, 0.5) is 10.5 Å². The highest BCUT2D eigenvalue weighted by Gasteiger charge is 2.26. The van der Waals surface area contributed by atoms with Gasteiger partial charge in [0.05, 0.1) is 23.4 Å². The van der Waals surface area contributed by atoms with Crippen molar-refractivity contribution in [2.45, 2.75) is 24.3 Å². The summed E-state index contributed by atoms with van der Waals surface area (Å²) in [6.45, 7) is 3.17. The minimum atomic E-state index is -3.65. The maximum atomic E-state index is 13.1. The van der Waals surface area contributed by atoms with Gasteiger partial charge >= 0.3 is 6.09 Å². The van der Waals surface area contributed by atoms with Crippen molar-refractivity contribution in [1.82, 2.24) is 9.88 Å². The lowest BCUT2D eigenvalue weighted by molar-refractivity contribution is 0.118. The third-order valence-electron chi connectivity index (χ3n) is 5.93. The van der Waals surface area contributed by atoms with Crippen LogP contribution in [-0.2, 0) is 14.6 Å². The van der Waals surface area contributed by atoms with Gasteiger partial charge in [0, 0.05) is 54.5 Å². The molecule has 1 aliphatic heterocycles. The van der Waals surface area contributed by atoms with E-state index in [0.29, 0.717) is 19.5 Å². The molecule has 0 spiro atoms. The predicted octanol–water partition coefficient (Wildman–Crippen LogP) is 3.27. The molecule has 2 aromatic carbocycles. The number of nitrogens with zero attached hydrogens (tertiary/aromatic N) is 2. The summed E-state index contributed by atoms with van der Waals surface area (Å²) < 4.78 is 31.2. The molecule has 0 saturated carbocycles. The number of H-pyrrole nitrogens is 1. The summed E-state index contributed by atoms with van der Waals surface area (Å²) >= 11 is 0. The molecule has 0 aliphatic carbocycles. The molecule has 176 valence electrons. The molecule has 1 fully saturated rings. The van der Waals surface area contributed by atoms with E-state index in [-0.39, 0.29) is 23.8 Å². The molecule has 1 atom stereocenters. The number of nitrogens with one attached hydrogen (secondary N) is 1. The number of rotatable bonds is 7. The second-order valence-corrected chi connectivity index (χ2v) is 10.4. The molecule has 33 heavy (non-hydrogen) atoms. The van der Waals surface area contributed by atoms with Crippen LogP contribution in [0, 0.1) is 0 Å². The van der Waals surface area contributed by atoms with Crippen molar-refractivity contribution in [3.8, 4) is 11.3 Å². The number of anilines is 1. The number of aliphatic hydroxyl groups is 1. The number of amides is 1. The van der Waals surface area contributed by atoms with Gasteiger partial charge in [-0.3, -0.25) is 0 Å². The van der Waals surface area contributed by atoms with Crippen LogP contribution in [0.5, 0.6) is 0 Å². The third kappa shape index (κ3) is 4.99. The molecule has 2 N–H and O–H groups in total. The van der Waals surface area contributed by atoms with Crippen molar-refractivity contribution >= 4 is 32.5 Å². The molecule has 3 aromatic rings. The molecule has 1 saturated heterocycles. The summed E-state index contributed by atoms with van der Waals surface area (Å²) in [4.78, 5) is 18.7. The Balaban J connectivity index is 1.68. The zero-order valence-electron chi connectivity index (χ0n) is 18.8. The van der Waals surface area contributed by atoms with E-state index in [2.05, 4.69) is 9.88 Å². The van der Waals surface area contributed by atoms with Gasteiger partial charge in [0.25, 0.3) is 0 Å². The van der Waals surface area contributed by atoms with Crippen LogP contribution in [0.15, 0.2) is 53.4 Å². The standard InChI is InChI=1S/C24H29N3O5S/c1-3-32-24(29)26(2)12-13-33(30,31)19-8-9-23(27-11-10-18(28)16-27)20(15-19)22-14-17-6-4-5-7-21(17)25-22/h4-9,14-15,18,25,28H,3,10-13,16H2,1-2H3/t18-/m0/s1. The second-order valence-electron chi connectivity index (χ2n) is 8.28. The molecule has 0 bridgehead atoms. The van der Waals surface area contributed by atoms with E-state index >= 15 is 0 Å². The second kappa shape index (κ2) is 9.44. The number of sulfone groups is 1.